The highest BCUT2D eigenvalue weighted by atomic mass is 16.3. The summed E-state index contributed by atoms with van der Waals surface area (Å²) in [5.74, 6) is 0.536. The van der Waals surface area contributed by atoms with Crippen molar-refractivity contribution in [3.05, 3.63) is 42.0 Å². The lowest BCUT2D eigenvalue weighted by Gasteiger charge is -2.18. The Labute approximate surface area is 111 Å². The zero-order valence-corrected chi connectivity index (χ0v) is 10.9. The summed E-state index contributed by atoms with van der Waals surface area (Å²) in [5, 5.41) is 9.43. The summed E-state index contributed by atoms with van der Waals surface area (Å²) in [4.78, 5) is 17.9. The molecule has 1 aromatic carbocycles. The maximum Gasteiger partial charge on any atom is 0.256 e. The zero-order valence-electron chi connectivity index (χ0n) is 10.9. The largest absolute Gasteiger partial charge is 0.508 e. The highest BCUT2D eigenvalue weighted by Gasteiger charge is 2.16. The minimum absolute atomic E-state index is 0.0166. The third-order valence-electron chi connectivity index (χ3n) is 2.91. The minimum Gasteiger partial charge on any atom is -0.508 e. The van der Waals surface area contributed by atoms with E-state index < -0.39 is 0 Å². The molecule has 1 aromatic heterocycles. The Hall–Kier alpha value is -2.50. The number of anilines is 1. The number of aromatic hydroxyl groups is 1. The fourth-order valence-electron chi connectivity index (χ4n) is 1.77. The molecule has 2 rings (SSSR count). The third kappa shape index (κ3) is 2.67. The van der Waals surface area contributed by atoms with E-state index in [9.17, 15) is 9.90 Å². The average Bonchev–Trinajstić information content (AvgIpc) is 2.77. The van der Waals surface area contributed by atoms with Crippen molar-refractivity contribution < 1.29 is 9.90 Å². The topological polar surface area (TPSA) is 84.4 Å². The van der Waals surface area contributed by atoms with Crippen LogP contribution in [0.4, 0.5) is 5.69 Å². The maximum absolute atomic E-state index is 12.3. The number of carbonyl (C=O) groups is 1. The average molecular weight is 260 g/mol. The predicted octanol–water partition coefficient (Wildman–Crippen LogP) is 0.980. The van der Waals surface area contributed by atoms with Gasteiger partial charge in [-0.3, -0.25) is 4.79 Å². The summed E-state index contributed by atoms with van der Waals surface area (Å²) in [6, 6.07) is 4.33. The van der Waals surface area contributed by atoms with Crippen molar-refractivity contribution in [1.29, 1.82) is 0 Å². The van der Waals surface area contributed by atoms with Gasteiger partial charge in [-0.2, -0.15) is 0 Å². The second kappa shape index (κ2) is 5.01. The number of phenolic OH excluding ortho intramolecular Hbond substituents is 1. The van der Waals surface area contributed by atoms with Gasteiger partial charge in [-0.05, 0) is 18.2 Å². The molecular formula is C13H16N4O2. The molecule has 1 heterocycles. The second-order valence-electron chi connectivity index (χ2n) is 4.39. The highest BCUT2D eigenvalue weighted by molar-refractivity contribution is 5.99. The van der Waals surface area contributed by atoms with Gasteiger partial charge in [0.2, 0.25) is 0 Å². The van der Waals surface area contributed by atoms with Crippen LogP contribution in [0, 0.1) is 0 Å². The van der Waals surface area contributed by atoms with Crippen LogP contribution >= 0.6 is 0 Å². The van der Waals surface area contributed by atoms with Gasteiger partial charge in [0.05, 0.1) is 12.1 Å². The van der Waals surface area contributed by atoms with Crippen LogP contribution < -0.4 is 5.73 Å². The van der Waals surface area contributed by atoms with Crippen LogP contribution in [0.15, 0.2) is 30.6 Å². The number of benzene rings is 1. The number of nitrogens with zero attached hydrogens (tertiary/aromatic N) is 3. The maximum atomic E-state index is 12.3. The Bertz CT molecular complexity index is 606. The van der Waals surface area contributed by atoms with Crippen molar-refractivity contribution >= 4 is 11.6 Å². The van der Waals surface area contributed by atoms with Gasteiger partial charge in [0.1, 0.15) is 11.6 Å². The van der Waals surface area contributed by atoms with Crippen LogP contribution in [0.1, 0.15) is 16.2 Å². The number of amides is 1. The van der Waals surface area contributed by atoms with Crippen LogP contribution in [0.3, 0.4) is 0 Å². The molecule has 6 heteroatoms. The van der Waals surface area contributed by atoms with Gasteiger partial charge in [0.25, 0.3) is 5.91 Å². The fraction of sp³-hybridized carbons (Fsp3) is 0.231. The number of nitrogen functional groups attached to an aromatic ring is 1. The molecule has 0 saturated heterocycles. The van der Waals surface area contributed by atoms with Crippen LogP contribution in [0.2, 0.25) is 0 Å². The first-order chi connectivity index (χ1) is 8.99. The van der Waals surface area contributed by atoms with Gasteiger partial charge in [0.15, 0.2) is 0 Å². The number of aromatic nitrogens is 2. The lowest BCUT2D eigenvalue weighted by molar-refractivity contribution is 0.0781. The molecule has 0 bridgehead atoms. The molecule has 0 atom stereocenters. The Morgan fingerprint density at radius 2 is 2.26 bits per heavy atom. The predicted molar refractivity (Wildman–Crippen MR) is 71.5 cm³/mol. The number of hydrogen-bond donors (Lipinski definition) is 2. The van der Waals surface area contributed by atoms with Crippen LogP contribution in [0.5, 0.6) is 5.75 Å². The molecule has 0 aliphatic heterocycles. The molecule has 0 aliphatic rings. The monoisotopic (exact) mass is 260 g/mol. The van der Waals surface area contributed by atoms with Gasteiger partial charge >= 0.3 is 0 Å². The first kappa shape index (κ1) is 12.9. The second-order valence-corrected chi connectivity index (χ2v) is 4.39. The standard InChI is InChI=1S/C13H16N4O2/c1-16-6-5-15-12(16)8-17(2)13(19)10-7-9(18)3-4-11(10)14/h3-7,18H,8,14H2,1-2H3. The van der Waals surface area contributed by atoms with E-state index in [-0.39, 0.29) is 17.2 Å². The molecule has 3 N–H and O–H groups in total. The van der Waals surface area contributed by atoms with Crippen molar-refractivity contribution in [1.82, 2.24) is 14.5 Å². The van der Waals surface area contributed by atoms with Crippen molar-refractivity contribution in [3.63, 3.8) is 0 Å². The molecule has 0 saturated carbocycles. The Morgan fingerprint density at radius 3 is 2.89 bits per heavy atom. The number of imidazole rings is 1. The van der Waals surface area contributed by atoms with Crippen molar-refractivity contribution in [2.45, 2.75) is 6.54 Å². The number of nitrogens with two attached hydrogens (primary N) is 1. The Kier molecular flexibility index (Phi) is 3.41. The third-order valence-corrected chi connectivity index (χ3v) is 2.91. The minimum atomic E-state index is -0.253. The lowest BCUT2D eigenvalue weighted by Crippen LogP contribution is -2.28. The number of phenols is 1. The van der Waals surface area contributed by atoms with E-state index in [0.717, 1.165) is 5.82 Å². The summed E-state index contributed by atoms with van der Waals surface area (Å²) in [6.07, 6.45) is 3.49. The number of carbonyl (C=O) groups excluding carboxylic acids is 1. The van der Waals surface area contributed by atoms with Crippen LogP contribution in [-0.2, 0) is 13.6 Å². The molecule has 1 amide bonds. The number of rotatable bonds is 3. The summed E-state index contributed by atoms with van der Waals surface area (Å²) in [7, 11) is 3.53. The van der Waals surface area contributed by atoms with E-state index in [1.165, 1.54) is 23.1 Å². The number of hydrogen-bond acceptors (Lipinski definition) is 4. The lowest BCUT2D eigenvalue weighted by atomic mass is 10.1. The molecule has 6 nitrogen and oxygen atoms in total. The zero-order chi connectivity index (χ0) is 14.0. The molecular weight excluding hydrogens is 244 g/mol. The summed E-state index contributed by atoms with van der Waals surface area (Å²) in [5.41, 5.74) is 6.38. The van der Waals surface area contributed by atoms with Crippen LogP contribution in [-0.4, -0.2) is 32.5 Å². The molecule has 0 aliphatic carbocycles. The fourth-order valence-corrected chi connectivity index (χ4v) is 1.77. The van der Waals surface area contributed by atoms with Crippen LogP contribution in [0.25, 0.3) is 0 Å². The van der Waals surface area contributed by atoms with Gasteiger partial charge < -0.3 is 20.3 Å². The van der Waals surface area contributed by atoms with Gasteiger partial charge in [0, 0.05) is 32.2 Å². The van der Waals surface area contributed by atoms with Crippen molar-refractivity contribution in [2.24, 2.45) is 7.05 Å². The van der Waals surface area contributed by atoms with Gasteiger partial charge in [-0.1, -0.05) is 0 Å². The van der Waals surface area contributed by atoms with E-state index in [1.807, 2.05) is 17.8 Å². The van der Waals surface area contributed by atoms with Gasteiger partial charge in [-0.25, -0.2) is 4.98 Å². The molecule has 2 aromatic rings. The van der Waals surface area contributed by atoms with E-state index in [1.54, 1.807) is 13.2 Å². The quantitative estimate of drug-likeness (QED) is 0.636. The normalized spacial score (nSPS) is 10.4. The van der Waals surface area contributed by atoms with Crippen molar-refractivity contribution in [2.75, 3.05) is 12.8 Å². The first-order valence-corrected chi connectivity index (χ1v) is 5.79. The number of aryl methyl sites for hydroxylation is 1. The molecule has 0 fully saturated rings. The highest BCUT2D eigenvalue weighted by Crippen LogP contribution is 2.20. The van der Waals surface area contributed by atoms with E-state index >= 15 is 0 Å². The smallest absolute Gasteiger partial charge is 0.256 e. The SMILES string of the molecule is CN(Cc1nccn1C)C(=O)c1cc(O)ccc1N. The van der Waals surface area contributed by atoms with E-state index in [2.05, 4.69) is 4.98 Å². The Morgan fingerprint density at radius 1 is 1.53 bits per heavy atom. The molecule has 0 spiro atoms. The van der Waals surface area contributed by atoms with E-state index in [4.69, 9.17) is 5.73 Å². The van der Waals surface area contributed by atoms with Gasteiger partial charge in [-0.15, -0.1) is 0 Å². The first-order valence-electron chi connectivity index (χ1n) is 5.79. The summed E-state index contributed by atoms with van der Waals surface area (Å²) in [6.45, 7) is 0.372. The summed E-state index contributed by atoms with van der Waals surface area (Å²) >= 11 is 0. The molecule has 19 heavy (non-hydrogen) atoms. The molecule has 100 valence electrons. The molecule has 0 radical (unpaired) electrons. The molecule has 0 unspecified atom stereocenters. The Balaban J connectivity index is 2.19. The van der Waals surface area contributed by atoms with E-state index in [0.29, 0.717) is 12.2 Å². The van der Waals surface area contributed by atoms with Crippen molar-refractivity contribution in [3.8, 4) is 5.75 Å². The summed E-state index contributed by atoms with van der Waals surface area (Å²) < 4.78 is 1.84.